The topological polar surface area (TPSA) is 111 Å². The Kier molecular flexibility index (Phi) is 9.38. The van der Waals surface area contributed by atoms with E-state index >= 15 is 0 Å². The highest BCUT2D eigenvalue weighted by Gasteiger charge is 2.37. The smallest absolute Gasteiger partial charge is 0.445 e. The normalized spacial score (nSPS) is 15.7. The molecule has 0 radical (unpaired) electrons. The van der Waals surface area contributed by atoms with Crippen LogP contribution in [0.25, 0.3) is 0 Å². The van der Waals surface area contributed by atoms with Crippen molar-refractivity contribution in [2.45, 2.75) is 18.6 Å². The van der Waals surface area contributed by atoms with Crippen LogP contribution in [0.3, 0.4) is 0 Å². The molecule has 212 valence electrons. The second-order valence-corrected chi connectivity index (χ2v) is 8.51. The number of hydrogen-bond acceptors (Lipinski definition) is 6. The number of carbonyl (C=O) groups is 1. The zero-order valence-electron chi connectivity index (χ0n) is 19.8. The average molecular weight is 609 g/mol. The number of halogens is 8. The number of benzene rings is 2. The molecule has 1 aliphatic heterocycles. The van der Waals surface area contributed by atoms with Crippen molar-refractivity contribution in [2.24, 2.45) is 10.1 Å². The van der Waals surface area contributed by atoms with E-state index in [1.54, 1.807) is 0 Å². The fraction of sp³-hybridized carbons (Fsp3) is 0.217. The summed E-state index contributed by atoms with van der Waals surface area (Å²) in [7, 11) is 0. The summed E-state index contributed by atoms with van der Waals surface area (Å²) in [5.74, 6) is -1.63. The molecular formula is C23H16Cl2F6N6O3. The number of ether oxygens (including phenoxy) is 2. The highest BCUT2D eigenvalue weighted by atomic mass is 35.5. The van der Waals surface area contributed by atoms with E-state index in [9.17, 15) is 36.4 Å². The Labute approximate surface area is 232 Å². The largest absolute Gasteiger partial charge is 0.573 e. The van der Waals surface area contributed by atoms with E-state index in [0.717, 1.165) is 5.01 Å². The van der Waals surface area contributed by atoms with E-state index in [-0.39, 0.29) is 28.9 Å². The molecule has 3 rings (SSSR count). The van der Waals surface area contributed by atoms with E-state index in [0.29, 0.717) is 23.8 Å². The third-order valence-electron chi connectivity index (χ3n) is 4.93. The van der Waals surface area contributed by atoms with Crippen molar-refractivity contribution in [3.05, 3.63) is 70.2 Å². The molecule has 0 fully saturated rings. The Balaban J connectivity index is 2.03. The van der Waals surface area contributed by atoms with Crippen LogP contribution in [0.15, 0.2) is 59.1 Å². The number of nitrogens with one attached hydrogen (secondary N) is 2. The summed E-state index contributed by atoms with van der Waals surface area (Å²) in [5.41, 5.74) is -1.68. The predicted molar refractivity (Wildman–Crippen MR) is 133 cm³/mol. The Bertz CT molecular complexity index is 1390. The van der Waals surface area contributed by atoms with E-state index in [1.165, 1.54) is 30.5 Å². The number of alkyl carbamates (subject to hydrolysis) is 1. The number of nitrogens with zero attached hydrogens (tertiary/aromatic N) is 4. The highest BCUT2D eigenvalue weighted by molar-refractivity contribution is 6.42. The van der Waals surface area contributed by atoms with Gasteiger partial charge >= 0.3 is 18.6 Å². The number of hydrogen-bond donors (Lipinski definition) is 2. The minimum absolute atomic E-state index is 0.121. The number of carbonyl (C=O) groups excluding carboxylic acids is 1. The summed E-state index contributed by atoms with van der Waals surface area (Å²) >= 11 is 12.1. The van der Waals surface area contributed by atoms with Gasteiger partial charge in [-0.1, -0.05) is 41.9 Å². The number of aliphatic imine (C=N–C) groups is 1. The van der Waals surface area contributed by atoms with Crippen LogP contribution < -0.4 is 15.4 Å². The maximum absolute atomic E-state index is 13.3. The lowest BCUT2D eigenvalue weighted by atomic mass is 10.0. The lowest BCUT2D eigenvalue weighted by Gasteiger charge is -2.21. The van der Waals surface area contributed by atoms with Gasteiger partial charge in [0.1, 0.15) is 6.61 Å². The van der Waals surface area contributed by atoms with Gasteiger partial charge in [0, 0.05) is 5.56 Å². The third-order valence-corrected chi connectivity index (χ3v) is 5.67. The van der Waals surface area contributed by atoms with Crippen LogP contribution >= 0.6 is 23.2 Å². The average Bonchev–Trinajstić information content (AvgIpc) is 3.27. The number of rotatable bonds is 6. The van der Waals surface area contributed by atoms with Crippen LogP contribution in [-0.2, 0) is 10.9 Å². The molecular weight excluding hydrogens is 593 g/mol. The van der Waals surface area contributed by atoms with Crippen LogP contribution in [0.1, 0.15) is 11.1 Å². The molecule has 0 spiro atoms. The fourth-order valence-electron chi connectivity index (χ4n) is 3.32. The first kappa shape index (κ1) is 30.4. The first-order valence-corrected chi connectivity index (χ1v) is 11.5. The summed E-state index contributed by atoms with van der Waals surface area (Å²) < 4.78 is 87.5. The molecule has 1 atom stereocenters. The molecule has 2 aromatic rings. The molecule has 0 bridgehead atoms. The van der Waals surface area contributed by atoms with Crippen molar-refractivity contribution in [3.63, 3.8) is 0 Å². The van der Waals surface area contributed by atoms with Crippen molar-refractivity contribution in [1.29, 1.82) is 5.26 Å². The second kappa shape index (κ2) is 12.3. The molecule has 0 saturated heterocycles. The van der Waals surface area contributed by atoms with Crippen LogP contribution in [0.4, 0.5) is 36.8 Å². The van der Waals surface area contributed by atoms with Crippen molar-refractivity contribution < 1.29 is 40.6 Å². The first-order chi connectivity index (χ1) is 18.7. The highest BCUT2D eigenvalue weighted by Crippen LogP contribution is 2.37. The molecule has 2 aromatic carbocycles. The van der Waals surface area contributed by atoms with Gasteiger partial charge in [0.25, 0.3) is 0 Å². The number of amides is 1. The van der Waals surface area contributed by atoms with Crippen molar-refractivity contribution in [3.8, 4) is 11.9 Å². The Hall–Kier alpha value is -4.16. The van der Waals surface area contributed by atoms with Gasteiger partial charge in [-0.25, -0.2) is 9.80 Å². The summed E-state index contributed by atoms with van der Waals surface area (Å²) in [6, 6.07) is 4.55. The number of hydrazone groups is 1. The standard InChI is InChI=1S/C23H16Cl2F6N6O3/c1-2-7-39-21(38)35-17-10-37(36-19(17)12-3-5-14(24)15(25)8-12)20(33-11-32)34-16-9-13(22(26,27)28)4-6-18(16)40-23(29,30)31/h2-6,8-9,17H,1,7,10H2,(H,33,34)(H,35,38)/t17-/m1/s1. The number of alkyl halides is 6. The Morgan fingerprint density at radius 2 is 1.93 bits per heavy atom. The predicted octanol–water partition coefficient (Wildman–Crippen LogP) is 6.16. The molecule has 9 nitrogen and oxygen atoms in total. The van der Waals surface area contributed by atoms with E-state index in [4.69, 9.17) is 27.9 Å². The zero-order valence-corrected chi connectivity index (χ0v) is 21.3. The molecule has 0 unspecified atom stereocenters. The van der Waals surface area contributed by atoms with Crippen molar-refractivity contribution >= 4 is 46.7 Å². The minimum atomic E-state index is -5.25. The van der Waals surface area contributed by atoms with E-state index < -0.39 is 47.6 Å². The molecule has 0 saturated carbocycles. The van der Waals surface area contributed by atoms with Gasteiger partial charge in [-0.15, -0.1) is 18.2 Å². The quantitative estimate of drug-likeness (QED) is 0.134. The van der Waals surface area contributed by atoms with Crippen LogP contribution in [0.5, 0.6) is 5.75 Å². The van der Waals surface area contributed by atoms with Gasteiger partial charge in [-0.3, -0.25) is 0 Å². The Morgan fingerprint density at radius 1 is 1.20 bits per heavy atom. The van der Waals surface area contributed by atoms with Gasteiger partial charge in [0.15, 0.2) is 5.75 Å². The molecule has 1 aliphatic rings. The molecule has 0 aromatic heterocycles. The van der Waals surface area contributed by atoms with Crippen molar-refractivity contribution in [1.82, 2.24) is 10.3 Å². The fourth-order valence-corrected chi connectivity index (χ4v) is 3.61. The molecule has 1 amide bonds. The van der Waals surface area contributed by atoms with Gasteiger partial charge in [0.2, 0.25) is 12.2 Å². The Morgan fingerprint density at radius 3 is 2.52 bits per heavy atom. The summed E-state index contributed by atoms with van der Waals surface area (Å²) in [4.78, 5) is 15.7. The zero-order chi connectivity index (χ0) is 29.7. The van der Waals surface area contributed by atoms with E-state index in [2.05, 4.69) is 32.0 Å². The number of guanidine groups is 1. The van der Waals surface area contributed by atoms with Gasteiger partial charge in [-0.05, 0) is 30.3 Å². The lowest BCUT2D eigenvalue weighted by Crippen LogP contribution is -2.44. The van der Waals surface area contributed by atoms with Crippen LogP contribution in [0.2, 0.25) is 10.0 Å². The maximum Gasteiger partial charge on any atom is 0.573 e. The summed E-state index contributed by atoms with van der Waals surface area (Å²) in [5, 5.41) is 19.5. The van der Waals surface area contributed by atoms with Gasteiger partial charge in [0.05, 0.1) is 39.6 Å². The van der Waals surface area contributed by atoms with Gasteiger partial charge in [-0.2, -0.15) is 23.5 Å². The third kappa shape index (κ3) is 7.93. The van der Waals surface area contributed by atoms with Crippen LogP contribution in [-0.4, -0.2) is 48.3 Å². The molecule has 17 heteroatoms. The molecule has 1 heterocycles. The number of anilines is 1. The SMILES string of the molecule is C=CCOC(=O)N[C@@H]1CN(/C(=N\C#N)Nc2cc(C(F)(F)F)ccc2OC(F)(F)F)N=C1c1ccc(Cl)c(Cl)c1. The molecule has 40 heavy (non-hydrogen) atoms. The summed E-state index contributed by atoms with van der Waals surface area (Å²) in [6.07, 6.45) is -8.36. The van der Waals surface area contributed by atoms with Crippen molar-refractivity contribution in [2.75, 3.05) is 18.5 Å². The monoisotopic (exact) mass is 608 g/mol. The first-order valence-electron chi connectivity index (χ1n) is 10.8. The van der Waals surface area contributed by atoms with Crippen LogP contribution in [0, 0.1) is 11.5 Å². The second-order valence-electron chi connectivity index (χ2n) is 7.70. The summed E-state index contributed by atoms with van der Waals surface area (Å²) in [6.45, 7) is 2.99. The maximum atomic E-state index is 13.3. The van der Waals surface area contributed by atoms with E-state index in [1.807, 2.05) is 0 Å². The van der Waals surface area contributed by atoms with Gasteiger partial charge < -0.3 is 20.1 Å². The molecule has 2 N–H and O–H groups in total. The molecule has 0 aliphatic carbocycles. The minimum Gasteiger partial charge on any atom is -0.445 e. The lowest BCUT2D eigenvalue weighted by molar-refractivity contribution is -0.274. The number of nitriles is 1.